The minimum absolute atomic E-state index is 0.703. The van der Waals surface area contributed by atoms with Gasteiger partial charge in [-0.1, -0.05) is 45.4 Å². The first-order chi connectivity index (χ1) is 9.19. The molecule has 0 bridgehead atoms. The normalized spacial score (nSPS) is 11.0. The first kappa shape index (κ1) is 16.0. The molecule has 1 rings (SSSR count). The van der Waals surface area contributed by atoms with Crippen molar-refractivity contribution in [1.82, 2.24) is 5.32 Å². The van der Waals surface area contributed by atoms with Crippen LogP contribution in [0.2, 0.25) is 0 Å². The topological polar surface area (TPSA) is 15.3 Å². The molecule has 0 aliphatic heterocycles. The largest absolute Gasteiger partial charge is 0.372 e. The summed E-state index contributed by atoms with van der Waals surface area (Å²) >= 11 is 0. The molecule has 0 aliphatic carbocycles. The van der Waals surface area contributed by atoms with E-state index in [1.54, 1.807) is 0 Å². The summed E-state index contributed by atoms with van der Waals surface area (Å²) < 4.78 is 0. The fourth-order valence-corrected chi connectivity index (χ4v) is 2.26. The van der Waals surface area contributed by atoms with Crippen LogP contribution in [0.5, 0.6) is 0 Å². The molecule has 0 saturated carbocycles. The van der Waals surface area contributed by atoms with E-state index in [-0.39, 0.29) is 0 Å². The molecule has 0 aliphatic rings. The molecule has 0 fully saturated rings. The number of nitrogens with zero attached hydrogens (tertiary/aromatic N) is 1. The van der Waals surface area contributed by atoms with E-state index < -0.39 is 0 Å². The summed E-state index contributed by atoms with van der Waals surface area (Å²) in [6, 6.07) is 8.79. The van der Waals surface area contributed by atoms with Crippen LogP contribution in [0, 0.1) is 5.92 Å². The molecule has 0 atom stereocenters. The standard InChI is InChI=1S/C17H30N2/c1-5-7-12-19(6-2)17-11-9-8-10-16(17)14-18-13-15(3)4/h8-11,15,18H,5-7,12-14H2,1-4H3. The average molecular weight is 262 g/mol. The quantitative estimate of drug-likeness (QED) is 0.722. The Morgan fingerprint density at radius 1 is 1.16 bits per heavy atom. The van der Waals surface area contributed by atoms with Crippen LogP contribution in [0.4, 0.5) is 5.69 Å². The SMILES string of the molecule is CCCCN(CC)c1ccccc1CNCC(C)C. The molecule has 0 saturated heterocycles. The van der Waals surface area contributed by atoms with Gasteiger partial charge in [0.2, 0.25) is 0 Å². The number of para-hydroxylation sites is 1. The van der Waals surface area contributed by atoms with Crippen molar-refractivity contribution < 1.29 is 0 Å². The van der Waals surface area contributed by atoms with Crippen LogP contribution in [-0.2, 0) is 6.54 Å². The third-order valence-electron chi connectivity index (χ3n) is 3.36. The van der Waals surface area contributed by atoms with Crippen LogP contribution >= 0.6 is 0 Å². The minimum Gasteiger partial charge on any atom is -0.372 e. The van der Waals surface area contributed by atoms with Crippen LogP contribution < -0.4 is 10.2 Å². The summed E-state index contributed by atoms with van der Waals surface area (Å²) in [5.74, 6) is 0.703. The summed E-state index contributed by atoms with van der Waals surface area (Å²) in [5.41, 5.74) is 2.82. The summed E-state index contributed by atoms with van der Waals surface area (Å²) in [4.78, 5) is 2.50. The number of unbranched alkanes of at least 4 members (excludes halogenated alkanes) is 1. The Kier molecular flexibility index (Phi) is 7.57. The molecule has 2 heteroatoms. The summed E-state index contributed by atoms with van der Waals surface area (Å²) in [5, 5.41) is 3.55. The second-order valence-corrected chi connectivity index (χ2v) is 5.59. The van der Waals surface area contributed by atoms with E-state index in [0.29, 0.717) is 5.92 Å². The van der Waals surface area contributed by atoms with E-state index in [1.165, 1.54) is 24.1 Å². The van der Waals surface area contributed by atoms with Gasteiger partial charge in [-0.2, -0.15) is 0 Å². The van der Waals surface area contributed by atoms with Gasteiger partial charge in [-0.3, -0.25) is 0 Å². The molecular formula is C17H30N2. The Labute approximate surface area is 119 Å². The molecule has 19 heavy (non-hydrogen) atoms. The molecule has 0 unspecified atom stereocenters. The highest BCUT2D eigenvalue weighted by molar-refractivity contribution is 5.53. The zero-order chi connectivity index (χ0) is 14.1. The maximum Gasteiger partial charge on any atom is 0.0411 e. The molecule has 0 spiro atoms. The number of hydrogen-bond donors (Lipinski definition) is 1. The van der Waals surface area contributed by atoms with Crippen LogP contribution in [0.3, 0.4) is 0 Å². The fourth-order valence-electron chi connectivity index (χ4n) is 2.26. The van der Waals surface area contributed by atoms with Gasteiger partial charge in [0.25, 0.3) is 0 Å². The third kappa shape index (κ3) is 5.65. The monoisotopic (exact) mass is 262 g/mol. The number of benzene rings is 1. The second-order valence-electron chi connectivity index (χ2n) is 5.59. The molecule has 0 amide bonds. The Balaban J connectivity index is 2.69. The van der Waals surface area contributed by atoms with Gasteiger partial charge in [0.15, 0.2) is 0 Å². The summed E-state index contributed by atoms with van der Waals surface area (Å²) in [6.07, 6.45) is 2.52. The molecular weight excluding hydrogens is 232 g/mol. The maximum absolute atomic E-state index is 3.55. The first-order valence-electron chi connectivity index (χ1n) is 7.72. The van der Waals surface area contributed by atoms with Gasteiger partial charge in [0.1, 0.15) is 0 Å². The lowest BCUT2D eigenvalue weighted by Gasteiger charge is -2.26. The van der Waals surface area contributed by atoms with Gasteiger partial charge < -0.3 is 10.2 Å². The van der Waals surface area contributed by atoms with Gasteiger partial charge in [-0.25, -0.2) is 0 Å². The lowest BCUT2D eigenvalue weighted by atomic mass is 10.1. The number of rotatable bonds is 9. The van der Waals surface area contributed by atoms with Crippen molar-refractivity contribution in [2.24, 2.45) is 5.92 Å². The maximum atomic E-state index is 3.55. The van der Waals surface area contributed by atoms with Crippen LogP contribution in [0.25, 0.3) is 0 Å². The van der Waals surface area contributed by atoms with Gasteiger partial charge in [-0.05, 0) is 37.4 Å². The highest BCUT2D eigenvalue weighted by Gasteiger charge is 2.08. The molecule has 0 radical (unpaired) electrons. The zero-order valence-corrected chi connectivity index (χ0v) is 13.1. The van der Waals surface area contributed by atoms with Crippen molar-refractivity contribution in [3.63, 3.8) is 0 Å². The second kappa shape index (κ2) is 8.98. The van der Waals surface area contributed by atoms with Crippen LogP contribution in [0.1, 0.15) is 46.1 Å². The smallest absolute Gasteiger partial charge is 0.0411 e. The summed E-state index contributed by atoms with van der Waals surface area (Å²) in [6.45, 7) is 13.3. The van der Waals surface area contributed by atoms with Gasteiger partial charge in [0, 0.05) is 25.3 Å². The van der Waals surface area contributed by atoms with Crippen LogP contribution in [-0.4, -0.2) is 19.6 Å². The molecule has 1 aromatic carbocycles. The Hall–Kier alpha value is -1.02. The number of hydrogen-bond acceptors (Lipinski definition) is 2. The zero-order valence-electron chi connectivity index (χ0n) is 13.1. The lowest BCUT2D eigenvalue weighted by molar-refractivity contribution is 0.552. The highest BCUT2D eigenvalue weighted by atomic mass is 15.1. The fraction of sp³-hybridized carbons (Fsp3) is 0.647. The van der Waals surface area contributed by atoms with Crippen molar-refractivity contribution in [3.8, 4) is 0 Å². The van der Waals surface area contributed by atoms with Crippen molar-refractivity contribution in [2.75, 3.05) is 24.5 Å². The Bertz CT molecular complexity index is 347. The lowest BCUT2D eigenvalue weighted by Crippen LogP contribution is -2.26. The molecule has 0 heterocycles. The Morgan fingerprint density at radius 3 is 2.53 bits per heavy atom. The van der Waals surface area contributed by atoms with E-state index in [2.05, 4.69) is 62.2 Å². The first-order valence-corrected chi connectivity index (χ1v) is 7.72. The molecule has 1 N–H and O–H groups in total. The molecule has 0 aromatic heterocycles. The van der Waals surface area contributed by atoms with E-state index in [1.807, 2.05) is 0 Å². The molecule has 108 valence electrons. The highest BCUT2D eigenvalue weighted by Crippen LogP contribution is 2.20. The summed E-state index contributed by atoms with van der Waals surface area (Å²) in [7, 11) is 0. The van der Waals surface area contributed by atoms with Crippen LogP contribution in [0.15, 0.2) is 24.3 Å². The van der Waals surface area contributed by atoms with Gasteiger partial charge in [0.05, 0.1) is 0 Å². The number of nitrogens with one attached hydrogen (secondary N) is 1. The average Bonchev–Trinajstić information content (AvgIpc) is 2.40. The molecule has 2 nitrogen and oxygen atoms in total. The van der Waals surface area contributed by atoms with Crippen molar-refractivity contribution in [3.05, 3.63) is 29.8 Å². The minimum atomic E-state index is 0.703. The van der Waals surface area contributed by atoms with Crippen molar-refractivity contribution >= 4 is 5.69 Å². The van der Waals surface area contributed by atoms with Crippen molar-refractivity contribution in [2.45, 2.75) is 47.1 Å². The van der Waals surface area contributed by atoms with Gasteiger partial charge in [-0.15, -0.1) is 0 Å². The third-order valence-corrected chi connectivity index (χ3v) is 3.36. The number of anilines is 1. The Morgan fingerprint density at radius 2 is 1.89 bits per heavy atom. The predicted molar refractivity (Wildman–Crippen MR) is 85.8 cm³/mol. The predicted octanol–water partition coefficient (Wildman–Crippen LogP) is 4.06. The van der Waals surface area contributed by atoms with Crippen molar-refractivity contribution in [1.29, 1.82) is 0 Å². The van der Waals surface area contributed by atoms with E-state index >= 15 is 0 Å². The van der Waals surface area contributed by atoms with E-state index in [0.717, 1.165) is 26.2 Å². The van der Waals surface area contributed by atoms with E-state index in [9.17, 15) is 0 Å². The van der Waals surface area contributed by atoms with Gasteiger partial charge >= 0.3 is 0 Å². The van der Waals surface area contributed by atoms with E-state index in [4.69, 9.17) is 0 Å². The molecule has 1 aromatic rings.